The number of H-pyrrole nitrogens is 1. The molecule has 2 aromatic heterocycles. The first-order valence-electron chi connectivity index (χ1n) is 9.24. The molecule has 1 aliphatic heterocycles. The maximum atomic E-state index is 12.9. The van der Waals surface area contributed by atoms with Gasteiger partial charge in [0.05, 0.1) is 24.6 Å². The fourth-order valence-electron chi connectivity index (χ4n) is 3.56. The van der Waals surface area contributed by atoms with Gasteiger partial charge in [-0.15, -0.1) is 0 Å². The Morgan fingerprint density at radius 2 is 1.87 bits per heavy atom. The summed E-state index contributed by atoms with van der Waals surface area (Å²) in [6.45, 7) is 2.32. The van der Waals surface area contributed by atoms with Crippen molar-refractivity contribution in [3.8, 4) is 17.2 Å². The van der Waals surface area contributed by atoms with E-state index >= 15 is 0 Å². The van der Waals surface area contributed by atoms with Crippen molar-refractivity contribution in [2.75, 3.05) is 20.3 Å². The molecule has 0 aliphatic carbocycles. The van der Waals surface area contributed by atoms with Gasteiger partial charge in [-0.05, 0) is 19.1 Å². The van der Waals surface area contributed by atoms with Gasteiger partial charge in [0, 0.05) is 29.0 Å². The van der Waals surface area contributed by atoms with Crippen LogP contribution in [0.2, 0.25) is 0 Å². The molecule has 0 fully saturated rings. The quantitative estimate of drug-likeness (QED) is 0.621. The molecule has 4 rings (SSSR count). The number of carbonyl (C=O) groups is 1. The summed E-state index contributed by atoms with van der Waals surface area (Å²) in [7, 11) is 1.20. The van der Waals surface area contributed by atoms with E-state index in [1.54, 1.807) is 18.2 Å². The van der Waals surface area contributed by atoms with Crippen LogP contribution in [-0.2, 0) is 9.53 Å². The lowest BCUT2D eigenvalue weighted by Crippen LogP contribution is -2.24. The number of hydrogen-bond donors (Lipinski definition) is 2. The van der Waals surface area contributed by atoms with Gasteiger partial charge in [0.25, 0.3) is 5.56 Å². The first kappa shape index (κ1) is 19.6. The maximum Gasteiger partial charge on any atom is 0.343 e. The number of nitrogens with one attached hydrogen (secondary N) is 1. The van der Waals surface area contributed by atoms with Crippen LogP contribution in [0.4, 0.5) is 0 Å². The molecular formula is C21H19NO8. The summed E-state index contributed by atoms with van der Waals surface area (Å²) in [5.74, 6) is -0.848. The number of esters is 1. The molecule has 3 aromatic rings. The molecule has 0 radical (unpaired) electrons. The van der Waals surface area contributed by atoms with Gasteiger partial charge in [0.2, 0.25) is 0 Å². The number of aromatic amines is 1. The number of benzene rings is 1. The van der Waals surface area contributed by atoms with E-state index in [1.807, 2.05) is 0 Å². The standard InChI is InChI=1S/C21H19NO8/c1-10-5-15(23)19(21(26)30-10)12(8-18(24)27-2)13-6-11-7-16-17(29-4-3-28-16)9-14(11)22-20(13)25/h5-7,9,12,23H,3-4,8H2,1-2H3,(H,22,25). The number of aromatic nitrogens is 1. The van der Waals surface area contributed by atoms with Crippen molar-refractivity contribution in [1.29, 1.82) is 0 Å². The first-order chi connectivity index (χ1) is 14.4. The minimum absolute atomic E-state index is 0.107. The highest BCUT2D eigenvalue weighted by Crippen LogP contribution is 2.36. The molecule has 30 heavy (non-hydrogen) atoms. The lowest BCUT2D eigenvalue weighted by molar-refractivity contribution is -0.140. The van der Waals surface area contributed by atoms with Gasteiger partial charge in [-0.3, -0.25) is 9.59 Å². The number of aromatic hydroxyl groups is 1. The second kappa shape index (κ2) is 7.58. The van der Waals surface area contributed by atoms with Crippen LogP contribution in [-0.4, -0.2) is 36.4 Å². The molecule has 0 spiro atoms. The molecular weight excluding hydrogens is 394 g/mol. The van der Waals surface area contributed by atoms with Crippen LogP contribution in [0.15, 0.2) is 38.3 Å². The van der Waals surface area contributed by atoms with E-state index in [-0.39, 0.29) is 29.1 Å². The second-order valence-corrected chi connectivity index (χ2v) is 6.91. The molecule has 3 heterocycles. The molecule has 1 aliphatic rings. The minimum Gasteiger partial charge on any atom is -0.507 e. The molecule has 0 saturated carbocycles. The Hall–Kier alpha value is -3.75. The van der Waals surface area contributed by atoms with Crippen molar-refractivity contribution in [2.45, 2.75) is 19.3 Å². The van der Waals surface area contributed by atoms with Crippen LogP contribution in [0.1, 0.15) is 29.2 Å². The van der Waals surface area contributed by atoms with Crippen molar-refractivity contribution in [3.05, 3.63) is 61.9 Å². The number of fused-ring (bicyclic) bond motifs is 2. The van der Waals surface area contributed by atoms with Crippen molar-refractivity contribution in [1.82, 2.24) is 4.98 Å². The molecule has 0 bridgehead atoms. The molecule has 9 heteroatoms. The number of pyridine rings is 1. The van der Waals surface area contributed by atoms with Gasteiger partial charge in [0.15, 0.2) is 11.5 Å². The number of ether oxygens (including phenoxy) is 3. The highest BCUT2D eigenvalue weighted by molar-refractivity contribution is 5.83. The summed E-state index contributed by atoms with van der Waals surface area (Å²) in [6.07, 6.45) is -0.336. The molecule has 2 N–H and O–H groups in total. The van der Waals surface area contributed by atoms with Gasteiger partial charge in [0.1, 0.15) is 24.7 Å². The Balaban J connectivity index is 1.92. The van der Waals surface area contributed by atoms with Crippen LogP contribution >= 0.6 is 0 Å². The number of rotatable bonds is 4. The maximum absolute atomic E-state index is 12.9. The Bertz CT molecular complexity index is 1260. The summed E-state index contributed by atoms with van der Waals surface area (Å²) in [5.41, 5.74) is -0.926. The summed E-state index contributed by atoms with van der Waals surface area (Å²) in [4.78, 5) is 40.1. The molecule has 0 amide bonds. The lowest BCUT2D eigenvalue weighted by Gasteiger charge is -2.20. The van der Waals surface area contributed by atoms with E-state index in [9.17, 15) is 19.5 Å². The number of hydrogen-bond acceptors (Lipinski definition) is 8. The summed E-state index contributed by atoms with van der Waals surface area (Å²) in [6, 6.07) is 6.18. The number of methoxy groups -OCH3 is 1. The summed E-state index contributed by atoms with van der Waals surface area (Å²) < 4.78 is 20.9. The van der Waals surface area contributed by atoms with Crippen LogP contribution in [0.5, 0.6) is 17.2 Å². The van der Waals surface area contributed by atoms with E-state index in [0.717, 1.165) is 0 Å². The Kier molecular flexibility index (Phi) is 4.94. The third-order valence-corrected chi connectivity index (χ3v) is 4.95. The monoisotopic (exact) mass is 413 g/mol. The van der Waals surface area contributed by atoms with Crippen molar-refractivity contribution in [2.24, 2.45) is 0 Å². The second-order valence-electron chi connectivity index (χ2n) is 6.91. The summed E-state index contributed by atoms with van der Waals surface area (Å²) in [5, 5.41) is 11.0. The van der Waals surface area contributed by atoms with Gasteiger partial charge in [-0.2, -0.15) is 0 Å². The fourth-order valence-corrected chi connectivity index (χ4v) is 3.56. The minimum atomic E-state index is -1.07. The topological polar surface area (TPSA) is 128 Å². The Morgan fingerprint density at radius 3 is 2.53 bits per heavy atom. The highest BCUT2D eigenvalue weighted by atomic mass is 16.6. The van der Waals surface area contributed by atoms with Crippen LogP contribution in [0, 0.1) is 6.92 Å². The van der Waals surface area contributed by atoms with E-state index in [4.69, 9.17) is 18.6 Å². The van der Waals surface area contributed by atoms with Crippen molar-refractivity contribution < 1.29 is 28.5 Å². The van der Waals surface area contributed by atoms with E-state index in [2.05, 4.69) is 4.98 Å². The fraction of sp³-hybridized carbons (Fsp3) is 0.286. The zero-order valence-electron chi connectivity index (χ0n) is 16.3. The van der Waals surface area contributed by atoms with Gasteiger partial charge < -0.3 is 28.7 Å². The first-order valence-corrected chi connectivity index (χ1v) is 9.24. The third kappa shape index (κ3) is 3.49. The van der Waals surface area contributed by atoms with Crippen molar-refractivity contribution in [3.63, 3.8) is 0 Å². The van der Waals surface area contributed by atoms with Crippen molar-refractivity contribution >= 4 is 16.9 Å². The third-order valence-electron chi connectivity index (χ3n) is 4.95. The predicted octanol–water partition coefficient (Wildman–Crippen LogP) is 1.96. The zero-order chi connectivity index (χ0) is 21.4. The molecule has 1 atom stereocenters. The Labute approximate surface area is 169 Å². The van der Waals surface area contributed by atoms with Gasteiger partial charge >= 0.3 is 11.6 Å². The predicted molar refractivity (Wildman–Crippen MR) is 105 cm³/mol. The molecule has 1 unspecified atom stereocenters. The van der Waals surface area contributed by atoms with E-state index in [1.165, 1.54) is 20.1 Å². The number of carbonyl (C=O) groups excluding carboxylic acids is 1. The van der Waals surface area contributed by atoms with Crippen LogP contribution in [0.3, 0.4) is 0 Å². The average Bonchev–Trinajstić information content (AvgIpc) is 2.70. The summed E-state index contributed by atoms with van der Waals surface area (Å²) >= 11 is 0. The lowest BCUT2D eigenvalue weighted by atomic mass is 9.89. The van der Waals surface area contributed by atoms with Crippen LogP contribution in [0.25, 0.3) is 10.9 Å². The Morgan fingerprint density at radius 1 is 1.17 bits per heavy atom. The largest absolute Gasteiger partial charge is 0.507 e. The average molecular weight is 413 g/mol. The van der Waals surface area contributed by atoms with Gasteiger partial charge in [-0.1, -0.05) is 0 Å². The van der Waals surface area contributed by atoms with Gasteiger partial charge in [-0.25, -0.2) is 4.79 Å². The van der Waals surface area contributed by atoms with E-state index < -0.39 is 23.1 Å². The normalized spacial score (nSPS) is 13.8. The smallest absolute Gasteiger partial charge is 0.343 e. The van der Waals surface area contributed by atoms with Crippen LogP contribution < -0.4 is 20.7 Å². The molecule has 9 nitrogen and oxygen atoms in total. The zero-order valence-corrected chi connectivity index (χ0v) is 16.3. The SMILES string of the molecule is COC(=O)CC(c1cc2cc3c(cc2[nH]c1=O)OCCO3)c1c(O)cc(C)oc1=O. The number of aryl methyl sites for hydroxylation is 1. The molecule has 156 valence electrons. The molecule has 0 saturated heterocycles. The highest BCUT2D eigenvalue weighted by Gasteiger charge is 2.29. The van der Waals surface area contributed by atoms with E-state index in [0.29, 0.717) is 35.6 Å². The molecule has 1 aromatic carbocycles.